The van der Waals surface area contributed by atoms with E-state index < -0.39 is 12.1 Å². The molecule has 0 aromatic heterocycles. The van der Waals surface area contributed by atoms with Crippen LogP contribution in [0.15, 0.2) is 18.2 Å². The van der Waals surface area contributed by atoms with Gasteiger partial charge in [0.15, 0.2) is 11.5 Å². The van der Waals surface area contributed by atoms with Crippen LogP contribution in [-0.4, -0.2) is 55.6 Å². The standard InChI is InChI=1S/C23H33N3O5/c1-30-19-11-9-16(15-20(19)31-2)13-14-26-22(28)18(25-23(26)29)10-12-21(27)24-17-7-5-3-4-6-8-17/h9,11,15,17-18H,3-8,10,12-14H2,1-2H3,(H,24,27)(H,25,29)/t18-/m0/s1. The monoisotopic (exact) mass is 431 g/mol. The third-order valence-corrected chi connectivity index (χ3v) is 6.06. The first kappa shape index (κ1) is 22.9. The highest BCUT2D eigenvalue weighted by molar-refractivity contribution is 6.04. The number of urea groups is 1. The second-order valence-electron chi connectivity index (χ2n) is 8.23. The van der Waals surface area contributed by atoms with E-state index in [-0.39, 0.29) is 30.8 Å². The molecule has 4 amide bonds. The largest absolute Gasteiger partial charge is 0.493 e. The van der Waals surface area contributed by atoms with Crippen molar-refractivity contribution in [3.63, 3.8) is 0 Å². The number of carbonyl (C=O) groups excluding carboxylic acids is 3. The van der Waals surface area contributed by atoms with E-state index in [2.05, 4.69) is 10.6 Å². The van der Waals surface area contributed by atoms with Gasteiger partial charge in [0.05, 0.1) is 14.2 Å². The minimum absolute atomic E-state index is 0.0438. The fourth-order valence-corrected chi connectivity index (χ4v) is 4.26. The number of methoxy groups -OCH3 is 2. The van der Waals surface area contributed by atoms with E-state index in [1.807, 2.05) is 12.1 Å². The predicted molar refractivity (Wildman–Crippen MR) is 116 cm³/mol. The van der Waals surface area contributed by atoms with E-state index in [1.165, 1.54) is 17.7 Å². The molecule has 0 radical (unpaired) electrons. The van der Waals surface area contributed by atoms with Crippen LogP contribution in [0.3, 0.4) is 0 Å². The van der Waals surface area contributed by atoms with Crippen molar-refractivity contribution in [2.75, 3.05) is 20.8 Å². The van der Waals surface area contributed by atoms with Crippen LogP contribution in [0.1, 0.15) is 56.9 Å². The minimum Gasteiger partial charge on any atom is -0.493 e. The van der Waals surface area contributed by atoms with E-state index in [1.54, 1.807) is 20.3 Å². The molecule has 1 aromatic carbocycles. The molecule has 3 rings (SSSR count). The van der Waals surface area contributed by atoms with Crippen LogP contribution in [0.2, 0.25) is 0 Å². The molecule has 8 nitrogen and oxygen atoms in total. The van der Waals surface area contributed by atoms with Crippen LogP contribution in [0.5, 0.6) is 11.5 Å². The lowest BCUT2D eigenvalue weighted by Gasteiger charge is -2.17. The average Bonchev–Trinajstić information content (AvgIpc) is 2.93. The summed E-state index contributed by atoms with van der Waals surface area (Å²) in [5.41, 5.74) is 0.935. The molecule has 1 aliphatic heterocycles. The number of rotatable bonds is 9. The summed E-state index contributed by atoms with van der Waals surface area (Å²) in [6.45, 7) is 0.269. The highest BCUT2D eigenvalue weighted by Gasteiger charge is 2.37. The summed E-state index contributed by atoms with van der Waals surface area (Å²) in [5, 5.41) is 5.80. The highest BCUT2D eigenvalue weighted by atomic mass is 16.5. The lowest BCUT2D eigenvalue weighted by molar-refractivity contribution is -0.127. The summed E-state index contributed by atoms with van der Waals surface area (Å²) in [7, 11) is 3.14. The first-order chi connectivity index (χ1) is 15.0. The van der Waals surface area contributed by atoms with Gasteiger partial charge in [0, 0.05) is 19.0 Å². The maximum absolute atomic E-state index is 12.7. The molecule has 8 heteroatoms. The SMILES string of the molecule is COc1ccc(CCN2C(=O)N[C@@H](CCC(=O)NC3CCCCCC3)C2=O)cc1OC. The van der Waals surface area contributed by atoms with Gasteiger partial charge in [-0.05, 0) is 43.4 Å². The maximum Gasteiger partial charge on any atom is 0.324 e. The molecule has 1 saturated heterocycles. The van der Waals surface area contributed by atoms with Crippen molar-refractivity contribution < 1.29 is 23.9 Å². The van der Waals surface area contributed by atoms with Gasteiger partial charge in [-0.15, -0.1) is 0 Å². The summed E-state index contributed by atoms with van der Waals surface area (Å²) in [4.78, 5) is 38.5. The van der Waals surface area contributed by atoms with Gasteiger partial charge < -0.3 is 20.1 Å². The summed E-state index contributed by atoms with van der Waals surface area (Å²) >= 11 is 0. The number of hydrogen-bond acceptors (Lipinski definition) is 5. The topological polar surface area (TPSA) is 97.0 Å². The molecule has 31 heavy (non-hydrogen) atoms. The van der Waals surface area contributed by atoms with E-state index in [4.69, 9.17) is 9.47 Å². The zero-order valence-electron chi connectivity index (χ0n) is 18.4. The van der Waals surface area contributed by atoms with E-state index in [0.29, 0.717) is 24.3 Å². The lowest BCUT2D eigenvalue weighted by atomic mass is 10.1. The van der Waals surface area contributed by atoms with Gasteiger partial charge in [0.1, 0.15) is 6.04 Å². The fourth-order valence-electron chi connectivity index (χ4n) is 4.26. The van der Waals surface area contributed by atoms with Gasteiger partial charge in [-0.3, -0.25) is 14.5 Å². The Morgan fingerprint density at radius 1 is 1.10 bits per heavy atom. The highest BCUT2D eigenvalue weighted by Crippen LogP contribution is 2.28. The summed E-state index contributed by atoms with van der Waals surface area (Å²) in [5.74, 6) is 0.920. The van der Waals surface area contributed by atoms with Crippen molar-refractivity contribution >= 4 is 17.8 Å². The zero-order chi connectivity index (χ0) is 22.2. The normalized spacial score (nSPS) is 19.7. The average molecular weight is 432 g/mol. The third-order valence-electron chi connectivity index (χ3n) is 6.06. The summed E-state index contributed by atoms with van der Waals surface area (Å²) in [6.07, 6.45) is 7.86. The zero-order valence-corrected chi connectivity index (χ0v) is 18.4. The molecule has 2 aliphatic rings. The Kier molecular flexibility index (Phi) is 8.14. The number of carbonyl (C=O) groups is 3. The van der Waals surface area contributed by atoms with Crippen LogP contribution < -0.4 is 20.1 Å². The fraction of sp³-hybridized carbons (Fsp3) is 0.609. The molecule has 2 fully saturated rings. The first-order valence-electron chi connectivity index (χ1n) is 11.1. The Labute approximate surface area is 183 Å². The number of benzene rings is 1. The summed E-state index contributed by atoms with van der Waals surface area (Å²) < 4.78 is 10.5. The molecule has 2 N–H and O–H groups in total. The van der Waals surface area contributed by atoms with Gasteiger partial charge in [0.25, 0.3) is 5.91 Å². The molecule has 170 valence electrons. The molecule has 1 atom stereocenters. The Morgan fingerprint density at radius 3 is 2.48 bits per heavy atom. The molecular weight excluding hydrogens is 398 g/mol. The second kappa shape index (κ2) is 11.0. The number of amides is 4. The van der Waals surface area contributed by atoms with Crippen LogP contribution in [0.4, 0.5) is 4.79 Å². The van der Waals surface area contributed by atoms with Gasteiger partial charge in [-0.2, -0.15) is 0 Å². The summed E-state index contributed by atoms with van der Waals surface area (Å²) in [6, 6.07) is 4.72. The molecular formula is C23H33N3O5. The van der Waals surface area contributed by atoms with Crippen molar-refractivity contribution in [2.24, 2.45) is 0 Å². The quantitative estimate of drug-likeness (QED) is 0.463. The molecule has 0 unspecified atom stereocenters. The Morgan fingerprint density at radius 2 is 1.81 bits per heavy atom. The Hall–Kier alpha value is -2.77. The number of hydrogen-bond donors (Lipinski definition) is 2. The van der Waals surface area contributed by atoms with E-state index in [9.17, 15) is 14.4 Å². The van der Waals surface area contributed by atoms with Crippen LogP contribution in [0.25, 0.3) is 0 Å². The molecule has 1 saturated carbocycles. The van der Waals surface area contributed by atoms with Gasteiger partial charge >= 0.3 is 6.03 Å². The molecule has 1 aromatic rings. The van der Waals surface area contributed by atoms with Crippen LogP contribution in [0, 0.1) is 0 Å². The van der Waals surface area contributed by atoms with E-state index >= 15 is 0 Å². The molecule has 0 bridgehead atoms. The van der Waals surface area contributed by atoms with Crippen molar-refractivity contribution in [2.45, 2.75) is 69.9 Å². The van der Waals surface area contributed by atoms with Crippen molar-refractivity contribution in [3.8, 4) is 11.5 Å². The van der Waals surface area contributed by atoms with Crippen molar-refractivity contribution in [1.29, 1.82) is 0 Å². The second-order valence-corrected chi connectivity index (χ2v) is 8.23. The molecule has 1 aliphatic carbocycles. The van der Waals surface area contributed by atoms with Crippen LogP contribution in [-0.2, 0) is 16.0 Å². The van der Waals surface area contributed by atoms with Gasteiger partial charge in [-0.25, -0.2) is 4.79 Å². The lowest BCUT2D eigenvalue weighted by Crippen LogP contribution is -2.36. The van der Waals surface area contributed by atoms with Crippen molar-refractivity contribution in [3.05, 3.63) is 23.8 Å². The van der Waals surface area contributed by atoms with Crippen LogP contribution >= 0.6 is 0 Å². The van der Waals surface area contributed by atoms with Gasteiger partial charge in [0.2, 0.25) is 5.91 Å². The Balaban J connectivity index is 1.47. The third kappa shape index (κ3) is 6.12. The number of imide groups is 1. The van der Waals surface area contributed by atoms with Gasteiger partial charge in [-0.1, -0.05) is 31.7 Å². The minimum atomic E-state index is -0.641. The smallest absolute Gasteiger partial charge is 0.324 e. The number of nitrogens with zero attached hydrogens (tertiary/aromatic N) is 1. The molecule has 1 heterocycles. The van der Waals surface area contributed by atoms with Crippen molar-refractivity contribution in [1.82, 2.24) is 15.5 Å². The molecule has 0 spiro atoms. The first-order valence-corrected chi connectivity index (χ1v) is 11.1. The Bertz CT molecular complexity index is 789. The predicted octanol–water partition coefficient (Wildman–Crippen LogP) is 2.79. The van der Waals surface area contributed by atoms with E-state index in [0.717, 1.165) is 31.2 Å². The number of nitrogens with one attached hydrogen (secondary N) is 2. The maximum atomic E-state index is 12.7. The number of ether oxygens (including phenoxy) is 2.